The third-order valence-electron chi connectivity index (χ3n) is 5.35. The number of primary amides is 1. The molecule has 1 saturated heterocycles. The molecule has 174 valence electrons. The number of carbonyl (C=O) groups excluding carboxylic acids is 3. The highest BCUT2D eigenvalue weighted by molar-refractivity contribution is 5.84. The second kappa shape index (κ2) is 11.1. The lowest BCUT2D eigenvalue weighted by Gasteiger charge is -2.14. The van der Waals surface area contributed by atoms with Gasteiger partial charge in [0.05, 0.1) is 11.7 Å². The van der Waals surface area contributed by atoms with E-state index in [4.69, 9.17) is 0 Å². The van der Waals surface area contributed by atoms with Crippen LogP contribution >= 0.6 is 0 Å². The lowest BCUT2D eigenvalue weighted by Crippen LogP contribution is -2.27. The number of nitrogens with one attached hydrogen (secondary N) is 1. The van der Waals surface area contributed by atoms with Gasteiger partial charge in [-0.1, -0.05) is 12.1 Å². The van der Waals surface area contributed by atoms with Gasteiger partial charge in [0.25, 0.3) is 0 Å². The fourth-order valence-corrected chi connectivity index (χ4v) is 3.83. The van der Waals surface area contributed by atoms with E-state index in [0.717, 1.165) is 54.4 Å². The predicted molar refractivity (Wildman–Crippen MR) is 120 cm³/mol. The van der Waals surface area contributed by atoms with E-state index in [1.165, 1.54) is 12.1 Å². The number of halogens is 1. The number of aryl methyl sites for hydroxylation is 1. The molecule has 1 aliphatic heterocycles. The summed E-state index contributed by atoms with van der Waals surface area (Å²) in [4.78, 5) is 36.4. The van der Waals surface area contributed by atoms with Crippen molar-refractivity contribution < 1.29 is 23.9 Å². The van der Waals surface area contributed by atoms with Gasteiger partial charge >= 0.3 is 6.03 Å². The minimum atomic E-state index is -0.829. The number of amides is 4. The number of carbonyl (C=O) groups is 3. The second-order valence-corrected chi connectivity index (χ2v) is 7.68. The molecule has 10 heteroatoms. The van der Waals surface area contributed by atoms with E-state index < -0.39 is 6.03 Å². The van der Waals surface area contributed by atoms with Crippen LogP contribution in [0.3, 0.4) is 0 Å². The largest absolute Gasteiger partial charge is 0.493 e. The fraction of sp³-hybridized carbons (Fsp3) is 0.304. The number of nitrogens with zero attached hydrogens (tertiary/aromatic N) is 3. The SMILES string of the molecule is NC(=O)NC=O.O=C1CCCN1CCCc1cn(Cc2ccc(F)cc2)c2cnc(O)cc12. The summed E-state index contributed by atoms with van der Waals surface area (Å²) in [5.41, 5.74) is 7.47. The maximum Gasteiger partial charge on any atom is 0.318 e. The van der Waals surface area contributed by atoms with Crippen LogP contribution in [-0.2, 0) is 22.6 Å². The molecule has 3 heterocycles. The molecule has 0 saturated carbocycles. The quantitative estimate of drug-likeness (QED) is 0.471. The maximum atomic E-state index is 13.1. The Morgan fingerprint density at radius 1 is 1.30 bits per heavy atom. The number of hydrogen-bond donors (Lipinski definition) is 3. The third-order valence-corrected chi connectivity index (χ3v) is 5.35. The zero-order chi connectivity index (χ0) is 23.8. The molecular formula is C23H26FN5O4. The van der Waals surface area contributed by atoms with E-state index in [-0.39, 0.29) is 24.0 Å². The molecule has 2 aromatic heterocycles. The van der Waals surface area contributed by atoms with Crippen LogP contribution in [0.15, 0.2) is 42.7 Å². The van der Waals surface area contributed by atoms with Crippen molar-refractivity contribution in [3.8, 4) is 5.88 Å². The van der Waals surface area contributed by atoms with Gasteiger partial charge in [-0.2, -0.15) is 0 Å². The Morgan fingerprint density at radius 2 is 2.06 bits per heavy atom. The van der Waals surface area contributed by atoms with Crippen LogP contribution in [0.25, 0.3) is 10.9 Å². The number of nitrogens with two attached hydrogens (primary N) is 1. The van der Waals surface area contributed by atoms with Crippen LogP contribution in [-0.4, -0.2) is 51.0 Å². The molecule has 0 bridgehead atoms. The van der Waals surface area contributed by atoms with E-state index in [1.54, 1.807) is 29.7 Å². The molecule has 1 fully saturated rings. The van der Waals surface area contributed by atoms with Gasteiger partial charge in [-0.05, 0) is 42.5 Å². The number of hydrogen-bond acceptors (Lipinski definition) is 5. The normalized spacial score (nSPS) is 13.0. The zero-order valence-corrected chi connectivity index (χ0v) is 18.0. The van der Waals surface area contributed by atoms with E-state index >= 15 is 0 Å². The number of pyridine rings is 1. The molecule has 4 N–H and O–H groups in total. The molecule has 0 atom stereocenters. The van der Waals surface area contributed by atoms with Crippen molar-refractivity contribution in [1.82, 2.24) is 19.8 Å². The van der Waals surface area contributed by atoms with Crippen LogP contribution in [0.5, 0.6) is 5.88 Å². The Bertz CT molecular complexity index is 1130. The van der Waals surface area contributed by atoms with Crippen LogP contribution in [0, 0.1) is 5.82 Å². The van der Waals surface area contributed by atoms with E-state index in [2.05, 4.69) is 21.5 Å². The van der Waals surface area contributed by atoms with Gasteiger partial charge in [0.2, 0.25) is 18.2 Å². The smallest absolute Gasteiger partial charge is 0.318 e. The van der Waals surface area contributed by atoms with Crippen molar-refractivity contribution in [3.05, 3.63) is 59.7 Å². The summed E-state index contributed by atoms with van der Waals surface area (Å²) in [6.45, 7) is 2.23. The highest BCUT2D eigenvalue weighted by Gasteiger charge is 2.19. The van der Waals surface area contributed by atoms with Crippen molar-refractivity contribution in [1.29, 1.82) is 0 Å². The Kier molecular flexibility index (Phi) is 7.96. The van der Waals surface area contributed by atoms with Crippen molar-refractivity contribution in [2.75, 3.05) is 13.1 Å². The first kappa shape index (κ1) is 23.7. The fourth-order valence-electron chi connectivity index (χ4n) is 3.83. The molecule has 0 aliphatic carbocycles. The predicted octanol–water partition coefficient (Wildman–Crippen LogP) is 2.30. The van der Waals surface area contributed by atoms with Gasteiger partial charge in [-0.25, -0.2) is 14.2 Å². The van der Waals surface area contributed by atoms with Crippen molar-refractivity contribution in [2.45, 2.75) is 32.2 Å². The molecule has 1 aromatic carbocycles. The molecule has 9 nitrogen and oxygen atoms in total. The number of urea groups is 1. The van der Waals surface area contributed by atoms with Crippen LogP contribution < -0.4 is 11.1 Å². The number of rotatable bonds is 7. The third kappa shape index (κ3) is 6.52. The molecular weight excluding hydrogens is 429 g/mol. The summed E-state index contributed by atoms with van der Waals surface area (Å²) in [5.74, 6) is -0.00608. The number of aromatic hydroxyl groups is 1. The Hall–Kier alpha value is -3.95. The standard InChI is InChI=1S/C21H22FN3O2.C2H4N2O2/c22-17-7-5-15(6-8-17)13-25-14-16(18-11-20(26)23-12-19(18)25)3-1-9-24-10-2-4-21(24)27;3-2(6)4-1-5/h5-8,11-12,14H,1-4,9-10,13H2,(H,23,26);1H,(H3,3,4,5,6). The average molecular weight is 455 g/mol. The highest BCUT2D eigenvalue weighted by atomic mass is 19.1. The van der Waals surface area contributed by atoms with Crippen LogP contribution in [0.1, 0.15) is 30.4 Å². The summed E-state index contributed by atoms with van der Waals surface area (Å²) >= 11 is 0. The lowest BCUT2D eigenvalue weighted by molar-refractivity contribution is -0.127. The molecule has 0 spiro atoms. The first-order chi connectivity index (χ1) is 15.9. The Labute approximate surface area is 190 Å². The minimum Gasteiger partial charge on any atom is -0.493 e. The molecule has 1 aliphatic rings. The van der Waals surface area contributed by atoms with E-state index in [0.29, 0.717) is 13.0 Å². The molecule has 0 radical (unpaired) electrons. The summed E-state index contributed by atoms with van der Waals surface area (Å²) in [6.07, 6.45) is 7.28. The average Bonchev–Trinajstić information content (AvgIpc) is 3.33. The number of likely N-dealkylation sites (tertiary alicyclic amines) is 1. The number of aromatic nitrogens is 2. The summed E-state index contributed by atoms with van der Waals surface area (Å²) in [6, 6.07) is 7.32. The first-order valence-corrected chi connectivity index (χ1v) is 10.6. The van der Waals surface area contributed by atoms with Gasteiger partial charge in [0.15, 0.2) is 0 Å². The number of fused-ring (bicyclic) bond motifs is 1. The molecule has 0 unspecified atom stereocenters. The van der Waals surface area contributed by atoms with Crippen molar-refractivity contribution in [3.63, 3.8) is 0 Å². The first-order valence-electron chi connectivity index (χ1n) is 10.6. The molecule has 4 rings (SSSR count). The van der Waals surface area contributed by atoms with Gasteiger partial charge in [-0.3, -0.25) is 14.9 Å². The van der Waals surface area contributed by atoms with Gasteiger partial charge in [0, 0.05) is 43.7 Å². The monoisotopic (exact) mass is 455 g/mol. The summed E-state index contributed by atoms with van der Waals surface area (Å²) in [7, 11) is 0. The molecule has 33 heavy (non-hydrogen) atoms. The zero-order valence-electron chi connectivity index (χ0n) is 18.0. The highest BCUT2D eigenvalue weighted by Crippen LogP contribution is 2.26. The van der Waals surface area contributed by atoms with E-state index in [1.807, 2.05) is 4.90 Å². The van der Waals surface area contributed by atoms with Crippen LogP contribution in [0.4, 0.5) is 9.18 Å². The lowest BCUT2D eigenvalue weighted by atomic mass is 10.1. The topological polar surface area (TPSA) is 131 Å². The Morgan fingerprint density at radius 3 is 2.67 bits per heavy atom. The number of imide groups is 1. The second-order valence-electron chi connectivity index (χ2n) is 7.68. The van der Waals surface area contributed by atoms with Gasteiger partial charge in [-0.15, -0.1) is 0 Å². The van der Waals surface area contributed by atoms with E-state index in [9.17, 15) is 23.9 Å². The van der Waals surface area contributed by atoms with Crippen molar-refractivity contribution in [2.24, 2.45) is 5.73 Å². The Balaban J connectivity index is 0.000000454. The van der Waals surface area contributed by atoms with Gasteiger partial charge < -0.3 is 20.3 Å². The number of benzene rings is 1. The minimum absolute atomic E-state index is 0.00185. The van der Waals surface area contributed by atoms with Crippen molar-refractivity contribution >= 4 is 29.3 Å². The van der Waals surface area contributed by atoms with Crippen LogP contribution in [0.2, 0.25) is 0 Å². The molecule has 4 amide bonds. The summed E-state index contributed by atoms with van der Waals surface area (Å²) in [5, 5.41) is 12.4. The summed E-state index contributed by atoms with van der Waals surface area (Å²) < 4.78 is 15.2. The van der Waals surface area contributed by atoms with Gasteiger partial charge in [0.1, 0.15) is 5.82 Å². The molecule has 3 aromatic rings. The maximum absolute atomic E-state index is 13.1.